The SMILES string of the molecule is CSc1ccc(NC(=O)N[C@H]2CCN(c3ccc(F)cc3)C2=O)cc1. The molecule has 1 atom stereocenters. The highest BCUT2D eigenvalue weighted by Crippen LogP contribution is 2.22. The van der Waals surface area contributed by atoms with E-state index in [9.17, 15) is 14.0 Å². The molecule has 7 heteroatoms. The molecule has 130 valence electrons. The molecule has 1 aliphatic rings. The van der Waals surface area contributed by atoms with Crippen molar-refractivity contribution < 1.29 is 14.0 Å². The molecule has 0 bridgehead atoms. The average molecular weight is 359 g/mol. The van der Waals surface area contributed by atoms with Gasteiger partial charge < -0.3 is 15.5 Å². The molecule has 3 amide bonds. The number of amides is 3. The van der Waals surface area contributed by atoms with Gasteiger partial charge in [0.1, 0.15) is 11.9 Å². The maximum absolute atomic E-state index is 13.0. The summed E-state index contributed by atoms with van der Waals surface area (Å²) in [5.41, 5.74) is 1.29. The predicted octanol–water partition coefficient (Wildman–Crippen LogP) is 3.47. The molecule has 0 saturated carbocycles. The van der Waals surface area contributed by atoms with Gasteiger partial charge in [0.25, 0.3) is 0 Å². The topological polar surface area (TPSA) is 61.4 Å². The normalized spacial score (nSPS) is 16.8. The van der Waals surface area contributed by atoms with Gasteiger partial charge in [-0.1, -0.05) is 0 Å². The molecule has 2 aromatic carbocycles. The lowest BCUT2D eigenvalue weighted by Crippen LogP contribution is -2.43. The third kappa shape index (κ3) is 4.11. The second-order valence-electron chi connectivity index (χ2n) is 5.63. The monoisotopic (exact) mass is 359 g/mol. The Morgan fingerprint density at radius 3 is 2.48 bits per heavy atom. The van der Waals surface area contributed by atoms with Crippen molar-refractivity contribution in [2.75, 3.05) is 23.0 Å². The van der Waals surface area contributed by atoms with Crippen molar-refractivity contribution >= 4 is 35.1 Å². The Morgan fingerprint density at radius 2 is 1.84 bits per heavy atom. The maximum atomic E-state index is 13.0. The zero-order valence-corrected chi connectivity index (χ0v) is 14.5. The lowest BCUT2D eigenvalue weighted by molar-refractivity contribution is -0.118. The molecule has 2 aromatic rings. The molecule has 0 radical (unpaired) electrons. The zero-order valence-electron chi connectivity index (χ0n) is 13.7. The van der Waals surface area contributed by atoms with Crippen LogP contribution in [0.25, 0.3) is 0 Å². The van der Waals surface area contributed by atoms with Crippen molar-refractivity contribution in [2.24, 2.45) is 0 Å². The van der Waals surface area contributed by atoms with Gasteiger partial charge in [0, 0.05) is 22.8 Å². The molecule has 25 heavy (non-hydrogen) atoms. The van der Waals surface area contributed by atoms with Crippen LogP contribution in [0.4, 0.5) is 20.6 Å². The largest absolute Gasteiger partial charge is 0.326 e. The number of benzene rings is 2. The number of hydrogen-bond donors (Lipinski definition) is 2. The number of carbonyl (C=O) groups is 2. The second-order valence-corrected chi connectivity index (χ2v) is 6.51. The minimum Gasteiger partial charge on any atom is -0.326 e. The molecule has 2 N–H and O–H groups in total. The number of halogens is 1. The summed E-state index contributed by atoms with van der Waals surface area (Å²) in [6, 6.07) is 12.2. The van der Waals surface area contributed by atoms with Gasteiger partial charge in [0.2, 0.25) is 5.91 Å². The van der Waals surface area contributed by atoms with E-state index in [4.69, 9.17) is 0 Å². The molecule has 0 aliphatic carbocycles. The fraction of sp³-hybridized carbons (Fsp3) is 0.222. The van der Waals surface area contributed by atoms with Crippen molar-refractivity contribution in [1.82, 2.24) is 5.32 Å². The minimum atomic E-state index is -0.587. The van der Waals surface area contributed by atoms with Crippen molar-refractivity contribution in [3.05, 3.63) is 54.3 Å². The summed E-state index contributed by atoms with van der Waals surface area (Å²) in [6.45, 7) is 0.484. The quantitative estimate of drug-likeness (QED) is 0.822. The molecule has 1 fully saturated rings. The van der Waals surface area contributed by atoms with Gasteiger partial charge in [-0.05, 0) is 61.2 Å². The Bertz CT molecular complexity index is 765. The van der Waals surface area contributed by atoms with Gasteiger partial charge in [-0.25, -0.2) is 9.18 Å². The number of anilines is 2. The van der Waals surface area contributed by atoms with Gasteiger partial charge in [-0.3, -0.25) is 4.79 Å². The lowest BCUT2D eigenvalue weighted by Gasteiger charge is -2.17. The van der Waals surface area contributed by atoms with E-state index in [0.29, 0.717) is 24.3 Å². The fourth-order valence-electron chi connectivity index (χ4n) is 2.69. The van der Waals surface area contributed by atoms with Crippen LogP contribution < -0.4 is 15.5 Å². The summed E-state index contributed by atoms with van der Waals surface area (Å²) in [6.07, 6.45) is 2.49. The van der Waals surface area contributed by atoms with Gasteiger partial charge in [-0.15, -0.1) is 11.8 Å². The predicted molar refractivity (Wildman–Crippen MR) is 97.5 cm³/mol. The number of hydrogen-bond acceptors (Lipinski definition) is 3. The van der Waals surface area contributed by atoms with Crippen LogP contribution in [0.3, 0.4) is 0 Å². The summed E-state index contributed by atoms with van der Waals surface area (Å²) >= 11 is 1.62. The Hall–Kier alpha value is -2.54. The highest BCUT2D eigenvalue weighted by atomic mass is 32.2. The van der Waals surface area contributed by atoms with Crippen molar-refractivity contribution in [3.8, 4) is 0 Å². The molecule has 5 nitrogen and oxygen atoms in total. The third-order valence-corrected chi connectivity index (χ3v) is 4.74. The van der Waals surface area contributed by atoms with E-state index in [0.717, 1.165) is 4.90 Å². The van der Waals surface area contributed by atoms with Crippen LogP contribution in [0.5, 0.6) is 0 Å². The fourth-order valence-corrected chi connectivity index (χ4v) is 3.10. The molecule has 0 spiro atoms. The molecular weight excluding hydrogens is 341 g/mol. The summed E-state index contributed by atoms with van der Waals surface area (Å²) < 4.78 is 13.0. The summed E-state index contributed by atoms with van der Waals surface area (Å²) in [5.74, 6) is -0.545. The summed E-state index contributed by atoms with van der Waals surface area (Å²) in [7, 11) is 0. The van der Waals surface area contributed by atoms with Crippen LogP contribution in [-0.4, -0.2) is 30.8 Å². The first-order chi connectivity index (χ1) is 12.1. The maximum Gasteiger partial charge on any atom is 0.319 e. The molecule has 1 saturated heterocycles. The molecular formula is C18H18FN3O2S. The molecule has 0 unspecified atom stereocenters. The second kappa shape index (κ2) is 7.57. The first kappa shape index (κ1) is 17.3. The molecule has 1 aliphatic heterocycles. The van der Waals surface area contributed by atoms with Crippen LogP contribution in [0.1, 0.15) is 6.42 Å². The van der Waals surface area contributed by atoms with Gasteiger partial charge in [-0.2, -0.15) is 0 Å². The van der Waals surface area contributed by atoms with Crippen LogP contribution in [0.15, 0.2) is 53.4 Å². The molecule has 0 aromatic heterocycles. The number of thioether (sulfide) groups is 1. The molecule has 1 heterocycles. The van der Waals surface area contributed by atoms with Crippen LogP contribution in [0.2, 0.25) is 0 Å². The summed E-state index contributed by atoms with van der Waals surface area (Å²) in [5, 5.41) is 5.42. The van der Waals surface area contributed by atoms with Crippen molar-refractivity contribution in [2.45, 2.75) is 17.4 Å². The van der Waals surface area contributed by atoms with Crippen LogP contribution in [-0.2, 0) is 4.79 Å². The number of carbonyl (C=O) groups excluding carboxylic acids is 2. The van der Waals surface area contributed by atoms with E-state index in [-0.39, 0.29) is 11.7 Å². The smallest absolute Gasteiger partial charge is 0.319 e. The van der Waals surface area contributed by atoms with Crippen molar-refractivity contribution in [1.29, 1.82) is 0 Å². The Morgan fingerprint density at radius 1 is 1.16 bits per heavy atom. The Kier molecular flexibility index (Phi) is 5.23. The van der Waals surface area contributed by atoms with Gasteiger partial charge in [0.15, 0.2) is 0 Å². The van der Waals surface area contributed by atoms with Crippen LogP contribution in [0, 0.1) is 5.82 Å². The zero-order chi connectivity index (χ0) is 17.8. The highest BCUT2D eigenvalue weighted by molar-refractivity contribution is 7.98. The number of rotatable bonds is 4. The lowest BCUT2D eigenvalue weighted by atomic mass is 10.2. The number of nitrogens with one attached hydrogen (secondary N) is 2. The van der Waals surface area contributed by atoms with Crippen LogP contribution >= 0.6 is 11.8 Å². The van der Waals surface area contributed by atoms with E-state index in [2.05, 4.69) is 10.6 Å². The van der Waals surface area contributed by atoms with Gasteiger partial charge >= 0.3 is 6.03 Å². The van der Waals surface area contributed by atoms with Crippen molar-refractivity contribution in [3.63, 3.8) is 0 Å². The minimum absolute atomic E-state index is 0.195. The van der Waals surface area contributed by atoms with E-state index in [1.807, 2.05) is 30.5 Å². The van der Waals surface area contributed by atoms with E-state index in [1.165, 1.54) is 12.1 Å². The Labute approximate surface area is 149 Å². The molecule has 3 rings (SSSR count). The average Bonchev–Trinajstić information content (AvgIpc) is 2.97. The Balaban J connectivity index is 1.58. The van der Waals surface area contributed by atoms with Gasteiger partial charge in [0.05, 0.1) is 0 Å². The number of nitrogens with zero attached hydrogens (tertiary/aromatic N) is 1. The first-order valence-corrected chi connectivity index (χ1v) is 9.08. The van der Waals surface area contributed by atoms with E-state index in [1.54, 1.807) is 28.8 Å². The highest BCUT2D eigenvalue weighted by Gasteiger charge is 2.33. The standard InChI is InChI=1S/C18H18FN3O2S/c1-25-15-8-4-13(5-9-15)20-18(24)21-16-10-11-22(17(16)23)14-6-2-12(19)3-7-14/h2-9,16H,10-11H2,1H3,(H2,20,21,24)/t16-/m0/s1. The van der Waals surface area contributed by atoms with E-state index >= 15 is 0 Å². The summed E-state index contributed by atoms with van der Waals surface area (Å²) in [4.78, 5) is 27.2. The third-order valence-electron chi connectivity index (χ3n) is 4.00. The number of urea groups is 1. The van der Waals surface area contributed by atoms with E-state index < -0.39 is 12.1 Å². The first-order valence-electron chi connectivity index (χ1n) is 7.85.